The van der Waals surface area contributed by atoms with Crippen LogP contribution >= 0.6 is 0 Å². The summed E-state index contributed by atoms with van der Waals surface area (Å²) in [6.07, 6.45) is 0. The fraction of sp³-hybridized carbons (Fsp3) is 0.133. The van der Waals surface area contributed by atoms with E-state index in [1.54, 1.807) is 19.2 Å². The first-order valence-electron chi connectivity index (χ1n) is 5.85. The Morgan fingerprint density at radius 2 is 1.68 bits per heavy atom. The summed E-state index contributed by atoms with van der Waals surface area (Å²) in [5.41, 5.74) is 6.62. The van der Waals surface area contributed by atoms with Gasteiger partial charge >= 0.3 is 0 Å². The van der Waals surface area contributed by atoms with Crippen molar-refractivity contribution in [3.63, 3.8) is 0 Å². The van der Waals surface area contributed by atoms with Gasteiger partial charge in [-0.15, -0.1) is 0 Å². The summed E-state index contributed by atoms with van der Waals surface area (Å²) in [4.78, 5) is 10.9. The van der Waals surface area contributed by atoms with Crippen molar-refractivity contribution in [2.75, 3.05) is 7.11 Å². The average molecular weight is 257 g/mol. The molecule has 0 saturated carbocycles. The van der Waals surface area contributed by atoms with Crippen LogP contribution in [0, 0.1) is 0 Å². The van der Waals surface area contributed by atoms with Crippen LogP contribution in [0.5, 0.6) is 11.5 Å². The van der Waals surface area contributed by atoms with Crippen molar-refractivity contribution >= 4 is 5.91 Å². The summed E-state index contributed by atoms with van der Waals surface area (Å²) in [5.74, 6) is 0.942. The lowest BCUT2D eigenvalue weighted by Gasteiger charge is -2.10. The Morgan fingerprint density at radius 1 is 1.05 bits per heavy atom. The molecule has 0 spiro atoms. The third kappa shape index (κ3) is 3.25. The highest BCUT2D eigenvalue weighted by molar-refractivity contribution is 5.92. The number of methoxy groups -OCH3 is 1. The number of rotatable bonds is 5. The van der Waals surface area contributed by atoms with Gasteiger partial charge in [-0.05, 0) is 29.8 Å². The summed E-state index contributed by atoms with van der Waals surface area (Å²) in [6, 6.07) is 14.4. The van der Waals surface area contributed by atoms with Gasteiger partial charge in [-0.2, -0.15) is 0 Å². The number of benzene rings is 2. The van der Waals surface area contributed by atoms with E-state index in [2.05, 4.69) is 0 Å². The lowest BCUT2D eigenvalue weighted by atomic mass is 10.1. The Balaban J connectivity index is 2.04. The molecule has 0 bridgehead atoms. The maximum Gasteiger partial charge on any atom is 0.248 e. The Bertz CT molecular complexity index is 564. The quantitative estimate of drug-likeness (QED) is 0.894. The molecule has 1 amide bonds. The van der Waals surface area contributed by atoms with E-state index in [9.17, 15) is 4.79 Å². The molecule has 2 aromatic rings. The first-order chi connectivity index (χ1) is 9.20. The molecule has 0 atom stereocenters. The van der Waals surface area contributed by atoms with Crippen molar-refractivity contribution in [3.05, 3.63) is 59.7 Å². The van der Waals surface area contributed by atoms with Gasteiger partial charge in [0.25, 0.3) is 0 Å². The molecule has 0 saturated heterocycles. The number of primary amides is 1. The molecule has 98 valence electrons. The molecule has 0 heterocycles. The number of hydrogen-bond acceptors (Lipinski definition) is 3. The van der Waals surface area contributed by atoms with Gasteiger partial charge in [-0.3, -0.25) is 4.79 Å². The molecule has 4 heteroatoms. The Labute approximate surface area is 111 Å². The molecule has 2 N–H and O–H groups in total. The zero-order valence-corrected chi connectivity index (χ0v) is 10.6. The number of para-hydroxylation sites is 2. The summed E-state index contributed by atoms with van der Waals surface area (Å²) in [6.45, 7) is 0.402. The standard InChI is InChI=1S/C15H15NO3/c1-18-13-4-2-3-5-14(13)19-10-11-6-8-12(9-7-11)15(16)17/h2-9H,10H2,1H3,(H2,16,17). The van der Waals surface area contributed by atoms with E-state index in [0.717, 1.165) is 5.56 Å². The highest BCUT2D eigenvalue weighted by atomic mass is 16.5. The van der Waals surface area contributed by atoms with Crippen LogP contribution in [-0.2, 0) is 6.61 Å². The minimum atomic E-state index is -0.433. The maximum atomic E-state index is 10.9. The van der Waals surface area contributed by atoms with E-state index in [1.165, 1.54) is 0 Å². The zero-order chi connectivity index (χ0) is 13.7. The topological polar surface area (TPSA) is 61.6 Å². The predicted molar refractivity (Wildman–Crippen MR) is 72.3 cm³/mol. The SMILES string of the molecule is COc1ccccc1OCc1ccc(C(N)=O)cc1. The van der Waals surface area contributed by atoms with Gasteiger partial charge in [0.15, 0.2) is 11.5 Å². The largest absolute Gasteiger partial charge is 0.493 e. The van der Waals surface area contributed by atoms with Crippen molar-refractivity contribution < 1.29 is 14.3 Å². The number of amides is 1. The van der Waals surface area contributed by atoms with Crippen molar-refractivity contribution in [1.82, 2.24) is 0 Å². The van der Waals surface area contributed by atoms with Crippen molar-refractivity contribution in [2.45, 2.75) is 6.61 Å². The van der Waals surface area contributed by atoms with E-state index >= 15 is 0 Å². The van der Waals surface area contributed by atoms with Crippen molar-refractivity contribution in [2.24, 2.45) is 5.73 Å². The Hall–Kier alpha value is -2.49. The predicted octanol–water partition coefficient (Wildman–Crippen LogP) is 2.37. The van der Waals surface area contributed by atoms with Gasteiger partial charge in [0.1, 0.15) is 6.61 Å². The van der Waals surface area contributed by atoms with Crippen LogP contribution in [0.1, 0.15) is 15.9 Å². The molecule has 0 aromatic heterocycles. The molecular formula is C15H15NO3. The van der Waals surface area contributed by atoms with E-state index in [0.29, 0.717) is 23.7 Å². The summed E-state index contributed by atoms with van der Waals surface area (Å²) < 4.78 is 10.9. The van der Waals surface area contributed by atoms with Gasteiger partial charge < -0.3 is 15.2 Å². The van der Waals surface area contributed by atoms with Crippen LogP contribution in [0.25, 0.3) is 0 Å². The minimum Gasteiger partial charge on any atom is -0.493 e. The van der Waals surface area contributed by atoms with Crippen LogP contribution in [0.15, 0.2) is 48.5 Å². The van der Waals surface area contributed by atoms with Crippen molar-refractivity contribution in [1.29, 1.82) is 0 Å². The number of nitrogens with two attached hydrogens (primary N) is 1. The number of carbonyl (C=O) groups is 1. The third-order valence-corrected chi connectivity index (χ3v) is 2.70. The maximum absolute atomic E-state index is 10.9. The minimum absolute atomic E-state index is 0.402. The second-order valence-corrected chi connectivity index (χ2v) is 4.00. The van der Waals surface area contributed by atoms with Crippen molar-refractivity contribution in [3.8, 4) is 11.5 Å². The number of ether oxygens (including phenoxy) is 2. The van der Waals surface area contributed by atoms with E-state index in [-0.39, 0.29) is 0 Å². The van der Waals surface area contributed by atoms with E-state index in [1.807, 2.05) is 36.4 Å². The van der Waals surface area contributed by atoms with Crippen LogP contribution < -0.4 is 15.2 Å². The van der Waals surface area contributed by atoms with Crippen LogP contribution in [0.2, 0.25) is 0 Å². The molecule has 2 rings (SSSR count). The lowest BCUT2D eigenvalue weighted by Crippen LogP contribution is -2.10. The molecule has 0 radical (unpaired) electrons. The molecule has 0 aliphatic rings. The summed E-state index contributed by atoms with van der Waals surface area (Å²) >= 11 is 0. The molecule has 0 aliphatic carbocycles. The fourth-order valence-corrected chi connectivity index (χ4v) is 1.66. The lowest BCUT2D eigenvalue weighted by molar-refractivity contribution is 0.1000. The second kappa shape index (κ2) is 5.91. The monoisotopic (exact) mass is 257 g/mol. The zero-order valence-electron chi connectivity index (χ0n) is 10.6. The Kier molecular flexibility index (Phi) is 4.03. The van der Waals surface area contributed by atoms with Crippen LogP contribution in [-0.4, -0.2) is 13.0 Å². The Morgan fingerprint density at radius 3 is 2.26 bits per heavy atom. The molecule has 19 heavy (non-hydrogen) atoms. The number of hydrogen-bond donors (Lipinski definition) is 1. The summed E-state index contributed by atoms with van der Waals surface area (Å²) in [5, 5.41) is 0. The number of carbonyl (C=O) groups excluding carboxylic acids is 1. The average Bonchev–Trinajstić information content (AvgIpc) is 2.45. The van der Waals surface area contributed by atoms with Gasteiger partial charge in [0.2, 0.25) is 5.91 Å². The molecule has 0 unspecified atom stereocenters. The van der Waals surface area contributed by atoms with Gasteiger partial charge in [0.05, 0.1) is 7.11 Å². The van der Waals surface area contributed by atoms with Gasteiger partial charge in [-0.25, -0.2) is 0 Å². The van der Waals surface area contributed by atoms with E-state index < -0.39 is 5.91 Å². The first-order valence-corrected chi connectivity index (χ1v) is 5.85. The van der Waals surface area contributed by atoms with Gasteiger partial charge in [-0.1, -0.05) is 24.3 Å². The molecule has 0 aliphatic heterocycles. The molecular weight excluding hydrogens is 242 g/mol. The molecule has 4 nitrogen and oxygen atoms in total. The fourth-order valence-electron chi connectivity index (χ4n) is 1.66. The highest BCUT2D eigenvalue weighted by Crippen LogP contribution is 2.26. The molecule has 2 aromatic carbocycles. The normalized spacial score (nSPS) is 9.95. The molecule has 0 fully saturated rings. The smallest absolute Gasteiger partial charge is 0.248 e. The van der Waals surface area contributed by atoms with Crippen LogP contribution in [0.3, 0.4) is 0 Å². The van der Waals surface area contributed by atoms with E-state index in [4.69, 9.17) is 15.2 Å². The van der Waals surface area contributed by atoms with Gasteiger partial charge in [0, 0.05) is 5.56 Å². The summed E-state index contributed by atoms with van der Waals surface area (Å²) in [7, 11) is 1.60. The third-order valence-electron chi connectivity index (χ3n) is 2.70. The second-order valence-electron chi connectivity index (χ2n) is 4.00. The van der Waals surface area contributed by atoms with Crippen LogP contribution in [0.4, 0.5) is 0 Å². The highest BCUT2D eigenvalue weighted by Gasteiger charge is 2.04. The first kappa shape index (κ1) is 13.0.